The third kappa shape index (κ3) is 5.11. The number of nitrogens with one attached hydrogen (secondary N) is 2. The minimum Gasteiger partial charge on any atom is -0.377 e. The highest BCUT2D eigenvalue weighted by atomic mass is 19.1. The van der Waals surface area contributed by atoms with E-state index in [4.69, 9.17) is 4.74 Å². The maximum atomic E-state index is 14.0. The van der Waals surface area contributed by atoms with Crippen LogP contribution in [0.25, 0.3) is 5.57 Å². The number of urea groups is 1. The van der Waals surface area contributed by atoms with E-state index in [1.54, 1.807) is 18.2 Å². The van der Waals surface area contributed by atoms with Gasteiger partial charge in [-0.2, -0.15) is 0 Å². The number of aromatic nitrogens is 1. The number of ether oxygens (including phenoxy) is 1. The SMILES string of the molecule is C=C/C=N\c1c(F)cccc1CNC(=O)Nc1cccc(C2=CCOCC2)n1. The molecule has 2 N–H and O–H groups in total. The zero-order valence-electron chi connectivity index (χ0n) is 15.3. The molecule has 0 saturated heterocycles. The third-order valence-corrected chi connectivity index (χ3v) is 4.10. The first-order valence-corrected chi connectivity index (χ1v) is 8.89. The quantitative estimate of drug-likeness (QED) is 0.736. The fraction of sp³-hybridized carbons (Fsp3) is 0.190. The number of aliphatic imine (C=N–C) groups is 1. The Labute approximate surface area is 162 Å². The van der Waals surface area contributed by atoms with E-state index in [9.17, 15) is 9.18 Å². The zero-order chi connectivity index (χ0) is 19.8. The lowest BCUT2D eigenvalue weighted by atomic mass is 10.1. The van der Waals surface area contributed by atoms with Gasteiger partial charge in [0.15, 0.2) is 0 Å². The molecule has 2 amide bonds. The van der Waals surface area contributed by atoms with E-state index in [2.05, 4.69) is 27.2 Å². The largest absolute Gasteiger partial charge is 0.377 e. The molecule has 0 atom stereocenters. The number of rotatable bonds is 6. The summed E-state index contributed by atoms with van der Waals surface area (Å²) in [6.45, 7) is 4.88. The van der Waals surface area contributed by atoms with Gasteiger partial charge in [0.2, 0.25) is 0 Å². The highest BCUT2D eigenvalue weighted by molar-refractivity contribution is 5.88. The van der Waals surface area contributed by atoms with Crippen molar-refractivity contribution in [3.8, 4) is 0 Å². The second-order valence-electron chi connectivity index (χ2n) is 6.03. The topological polar surface area (TPSA) is 75.6 Å². The average molecular weight is 380 g/mol. The van der Waals surface area contributed by atoms with Gasteiger partial charge >= 0.3 is 6.03 Å². The first-order valence-electron chi connectivity index (χ1n) is 8.89. The number of halogens is 1. The van der Waals surface area contributed by atoms with Crippen LogP contribution in [0.5, 0.6) is 0 Å². The van der Waals surface area contributed by atoms with Gasteiger partial charge in [0.05, 0.1) is 18.9 Å². The number of nitrogens with zero attached hydrogens (tertiary/aromatic N) is 2. The number of hydrogen-bond donors (Lipinski definition) is 2. The molecule has 1 aliphatic rings. The molecule has 0 bridgehead atoms. The molecule has 1 aromatic carbocycles. The third-order valence-electron chi connectivity index (χ3n) is 4.10. The fourth-order valence-electron chi connectivity index (χ4n) is 2.75. The van der Waals surface area contributed by atoms with Crippen molar-refractivity contribution in [3.05, 3.63) is 72.2 Å². The number of hydrogen-bond acceptors (Lipinski definition) is 4. The number of anilines is 1. The predicted octanol–water partition coefficient (Wildman–Crippen LogP) is 4.23. The summed E-state index contributed by atoms with van der Waals surface area (Å²) in [5.41, 5.74) is 2.64. The highest BCUT2D eigenvalue weighted by Gasteiger charge is 2.11. The van der Waals surface area contributed by atoms with Crippen LogP contribution in [-0.4, -0.2) is 30.4 Å². The summed E-state index contributed by atoms with van der Waals surface area (Å²) in [5, 5.41) is 5.40. The van der Waals surface area contributed by atoms with Crippen molar-refractivity contribution in [2.24, 2.45) is 4.99 Å². The van der Waals surface area contributed by atoms with Gasteiger partial charge in [-0.05, 0) is 35.8 Å². The molecule has 0 aliphatic carbocycles. The number of amides is 2. The molecule has 1 aliphatic heterocycles. The molecule has 2 aromatic rings. The van der Waals surface area contributed by atoms with Crippen LogP contribution in [0, 0.1) is 5.82 Å². The molecule has 28 heavy (non-hydrogen) atoms. The van der Waals surface area contributed by atoms with E-state index >= 15 is 0 Å². The Hall–Kier alpha value is -3.32. The molecular formula is C21H21FN4O2. The molecule has 3 rings (SSSR count). The lowest BCUT2D eigenvalue weighted by Crippen LogP contribution is -2.28. The Morgan fingerprint density at radius 3 is 2.96 bits per heavy atom. The van der Waals surface area contributed by atoms with Gasteiger partial charge < -0.3 is 10.1 Å². The number of allylic oxidation sites excluding steroid dienone is 1. The Bertz CT molecular complexity index is 924. The summed E-state index contributed by atoms with van der Waals surface area (Å²) >= 11 is 0. The Kier molecular flexibility index (Phi) is 6.64. The fourth-order valence-corrected chi connectivity index (χ4v) is 2.75. The summed E-state index contributed by atoms with van der Waals surface area (Å²) in [5.74, 6) is -0.0246. The van der Waals surface area contributed by atoms with Crippen LogP contribution in [0.1, 0.15) is 17.7 Å². The molecule has 1 aromatic heterocycles. The second-order valence-corrected chi connectivity index (χ2v) is 6.03. The van der Waals surface area contributed by atoms with Crippen LogP contribution in [0.15, 0.2) is 60.1 Å². The van der Waals surface area contributed by atoms with Crippen LogP contribution in [-0.2, 0) is 11.3 Å². The van der Waals surface area contributed by atoms with Gasteiger partial charge in [0, 0.05) is 12.8 Å². The van der Waals surface area contributed by atoms with Crippen LogP contribution < -0.4 is 10.6 Å². The first-order chi connectivity index (χ1) is 13.7. The number of carbonyl (C=O) groups is 1. The Morgan fingerprint density at radius 2 is 2.18 bits per heavy atom. The van der Waals surface area contributed by atoms with Crippen molar-refractivity contribution in [2.45, 2.75) is 13.0 Å². The molecule has 0 radical (unpaired) electrons. The summed E-state index contributed by atoms with van der Waals surface area (Å²) < 4.78 is 19.3. The molecular weight excluding hydrogens is 359 g/mol. The van der Waals surface area contributed by atoms with E-state index < -0.39 is 11.8 Å². The van der Waals surface area contributed by atoms with Crippen LogP contribution in [0.2, 0.25) is 0 Å². The Morgan fingerprint density at radius 1 is 1.32 bits per heavy atom. The van der Waals surface area contributed by atoms with Gasteiger partial charge in [0.25, 0.3) is 0 Å². The van der Waals surface area contributed by atoms with Crippen molar-refractivity contribution in [1.29, 1.82) is 0 Å². The van der Waals surface area contributed by atoms with Gasteiger partial charge in [-0.3, -0.25) is 10.3 Å². The average Bonchev–Trinajstić information content (AvgIpc) is 2.72. The lowest BCUT2D eigenvalue weighted by molar-refractivity contribution is 0.161. The van der Waals surface area contributed by atoms with Crippen LogP contribution >= 0.6 is 0 Å². The van der Waals surface area contributed by atoms with Crippen molar-refractivity contribution in [3.63, 3.8) is 0 Å². The number of pyridine rings is 1. The second kappa shape index (κ2) is 9.57. The molecule has 7 heteroatoms. The molecule has 2 heterocycles. The number of carbonyl (C=O) groups excluding carboxylic acids is 1. The normalized spacial score (nSPS) is 13.8. The van der Waals surface area contributed by atoms with Crippen molar-refractivity contribution < 1.29 is 13.9 Å². The smallest absolute Gasteiger partial charge is 0.320 e. The van der Waals surface area contributed by atoms with E-state index in [1.165, 1.54) is 18.4 Å². The molecule has 6 nitrogen and oxygen atoms in total. The van der Waals surface area contributed by atoms with Crippen molar-refractivity contribution in [2.75, 3.05) is 18.5 Å². The predicted molar refractivity (Wildman–Crippen MR) is 108 cm³/mol. The molecule has 0 spiro atoms. The van der Waals surface area contributed by atoms with Gasteiger partial charge in [-0.15, -0.1) is 0 Å². The summed E-state index contributed by atoms with van der Waals surface area (Å²) in [4.78, 5) is 20.7. The molecule has 144 valence electrons. The van der Waals surface area contributed by atoms with E-state index in [0.29, 0.717) is 24.6 Å². The van der Waals surface area contributed by atoms with E-state index in [1.807, 2.05) is 18.2 Å². The van der Waals surface area contributed by atoms with Gasteiger partial charge in [-0.25, -0.2) is 14.2 Å². The molecule has 0 fully saturated rings. The van der Waals surface area contributed by atoms with Crippen molar-refractivity contribution in [1.82, 2.24) is 10.3 Å². The maximum Gasteiger partial charge on any atom is 0.320 e. The van der Waals surface area contributed by atoms with E-state index in [0.717, 1.165) is 17.7 Å². The summed E-state index contributed by atoms with van der Waals surface area (Å²) in [6, 6.07) is 9.61. The monoisotopic (exact) mass is 380 g/mol. The zero-order valence-corrected chi connectivity index (χ0v) is 15.3. The minimum atomic E-state index is -0.461. The first kappa shape index (κ1) is 19.4. The van der Waals surface area contributed by atoms with E-state index in [-0.39, 0.29) is 12.2 Å². The lowest BCUT2D eigenvalue weighted by Gasteiger charge is -2.14. The summed E-state index contributed by atoms with van der Waals surface area (Å²) in [6.07, 6.45) is 5.65. The Balaban J connectivity index is 1.64. The van der Waals surface area contributed by atoms with Crippen LogP contribution in [0.4, 0.5) is 20.7 Å². The number of benzene rings is 1. The standard InChI is InChI=1S/C21H21FN4O2/c1-2-11-23-20-16(5-3-6-17(20)22)14-24-21(27)26-19-8-4-7-18(25-19)15-9-12-28-13-10-15/h2-9,11H,1,10,12-14H2,(H2,24,25,26,27)/b23-11-. The van der Waals surface area contributed by atoms with Crippen molar-refractivity contribution >= 4 is 29.3 Å². The maximum absolute atomic E-state index is 14.0. The summed E-state index contributed by atoms with van der Waals surface area (Å²) in [7, 11) is 0. The number of para-hydroxylation sites is 1. The molecule has 0 unspecified atom stereocenters. The van der Waals surface area contributed by atoms with Crippen LogP contribution in [0.3, 0.4) is 0 Å². The highest BCUT2D eigenvalue weighted by Crippen LogP contribution is 2.23. The molecule has 0 saturated carbocycles. The van der Waals surface area contributed by atoms with Gasteiger partial charge in [-0.1, -0.05) is 36.9 Å². The van der Waals surface area contributed by atoms with Gasteiger partial charge in [0.1, 0.15) is 17.3 Å². The minimum absolute atomic E-state index is 0.121.